The van der Waals surface area contributed by atoms with Gasteiger partial charge in [0.2, 0.25) is 0 Å². The van der Waals surface area contributed by atoms with Crippen LogP contribution >= 0.6 is 11.3 Å². The first-order valence-electron chi connectivity index (χ1n) is 5.89. The molecule has 3 heteroatoms. The smallest absolute Gasteiger partial charge is 0.106 e. The van der Waals surface area contributed by atoms with Crippen LogP contribution in [0.2, 0.25) is 0 Å². The molecule has 0 spiro atoms. The molecule has 0 amide bonds. The quantitative estimate of drug-likeness (QED) is 0.853. The van der Waals surface area contributed by atoms with Gasteiger partial charge in [-0.2, -0.15) is 0 Å². The topological polar surface area (TPSA) is 24.9 Å². The highest BCUT2D eigenvalue weighted by atomic mass is 32.1. The predicted molar refractivity (Wildman–Crippen MR) is 64.9 cm³/mol. The van der Waals surface area contributed by atoms with Crippen molar-refractivity contribution in [2.24, 2.45) is 11.8 Å². The van der Waals surface area contributed by atoms with Gasteiger partial charge in [-0.15, -0.1) is 11.3 Å². The maximum atomic E-state index is 4.31. The Balaban J connectivity index is 1.86. The van der Waals surface area contributed by atoms with Crippen molar-refractivity contribution in [2.75, 3.05) is 0 Å². The average Bonchev–Trinajstić information content (AvgIpc) is 2.70. The number of nitrogens with one attached hydrogen (secondary N) is 1. The molecule has 2 unspecified atom stereocenters. The van der Waals surface area contributed by atoms with Crippen LogP contribution in [0, 0.1) is 11.8 Å². The standard InChI is InChI=1S/C12H20N2S/c1-9-4-3-5-10(2)12(9)14-8-11-13-6-7-15-11/h6-7,9-10,12,14H,3-5,8H2,1-2H3. The van der Waals surface area contributed by atoms with Gasteiger partial charge >= 0.3 is 0 Å². The maximum absolute atomic E-state index is 4.31. The minimum absolute atomic E-state index is 0.683. The van der Waals surface area contributed by atoms with E-state index in [2.05, 4.69) is 24.1 Å². The van der Waals surface area contributed by atoms with E-state index in [1.807, 2.05) is 11.6 Å². The number of nitrogens with zero attached hydrogens (tertiary/aromatic N) is 1. The fourth-order valence-electron chi connectivity index (χ4n) is 2.63. The molecular formula is C12H20N2S. The van der Waals surface area contributed by atoms with Crippen LogP contribution in [0.15, 0.2) is 11.6 Å². The fraction of sp³-hybridized carbons (Fsp3) is 0.750. The summed E-state index contributed by atoms with van der Waals surface area (Å²) in [6, 6.07) is 0.683. The van der Waals surface area contributed by atoms with Crippen LogP contribution in [0.5, 0.6) is 0 Å². The van der Waals surface area contributed by atoms with Crippen LogP contribution in [0.25, 0.3) is 0 Å². The van der Waals surface area contributed by atoms with Gasteiger partial charge in [-0.05, 0) is 24.7 Å². The molecule has 0 aromatic carbocycles. The number of hydrogen-bond acceptors (Lipinski definition) is 3. The Labute approximate surface area is 96.1 Å². The number of thiazole rings is 1. The third-order valence-corrected chi connectivity index (χ3v) is 4.30. The number of hydrogen-bond donors (Lipinski definition) is 1. The molecule has 1 aromatic rings. The highest BCUT2D eigenvalue weighted by Gasteiger charge is 2.26. The first kappa shape index (κ1) is 11.1. The first-order valence-corrected chi connectivity index (χ1v) is 6.77. The van der Waals surface area contributed by atoms with Gasteiger partial charge in [0.05, 0.1) is 0 Å². The van der Waals surface area contributed by atoms with Crippen molar-refractivity contribution in [3.8, 4) is 0 Å². The molecule has 2 nitrogen and oxygen atoms in total. The maximum Gasteiger partial charge on any atom is 0.106 e. The average molecular weight is 224 g/mol. The molecule has 1 aromatic heterocycles. The van der Waals surface area contributed by atoms with Crippen molar-refractivity contribution in [3.05, 3.63) is 16.6 Å². The van der Waals surface area contributed by atoms with Gasteiger partial charge in [0, 0.05) is 24.2 Å². The lowest BCUT2D eigenvalue weighted by Crippen LogP contribution is -2.42. The molecule has 0 bridgehead atoms. The first-order chi connectivity index (χ1) is 7.27. The molecule has 0 radical (unpaired) electrons. The zero-order valence-corrected chi connectivity index (χ0v) is 10.4. The van der Waals surface area contributed by atoms with Crippen molar-refractivity contribution in [3.63, 3.8) is 0 Å². The molecule has 0 aliphatic heterocycles. The Morgan fingerprint density at radius 1 is 1.40 bits per heavy atom. The van der Waals surface area contributed by atoms with Crippen LogP contribution in [-0.4, -0.2) is 11.0 Å². The van der Waals surface area contributed by atoms with E-state index in [9.17, 15) is 0 Å². The number of rotatable bonds is 3. The molecule has 1 saturated carbocycles. The zero-order valence-electron chi connectivity index (χ0n) is 9.57. The normalized spacial score (nSPS) is 31.7. The summed E-state index contributed by atoms with van der Waals surface area (Å²) >= 11 is 1.74. The van der Waals surface area contributed by atoms with Crippen molar-refractivity contribution in [1.29, 1.82) is 0 Å². The van der Waals surface area contributed by atoms with Gasteiger partial charge < -0.3 is 5.32 Å². The van der Waals surface area contributed by atoms with E-state index in [-0.39, 0.29) is 0 Å². The summed E-state index contributed by atoms with van der Waals surface area (Å²) in [7, 11) is 0. The Morgan fingerprint density at radius 2 is 2.13 bits per heavy atom. The largest absolute Gasteiger partial charge is 0.307 e. The Morgan fingerprint density at radius 3 is 2.73 bits per heavy atom. The Hall–Kier alpha value is -0.410. The summed E-state index contributed by atoms with van der Waals surface area (Å²) in [5.41, 5.74) is 0. The summed E-state index contributed by atoms with van der Waals surface area (Å²) in [5, 5.41) is 6.93. The highest BCUT2D eigenvalue weighted by Crippen LogP contribution is 2.28. The van der Waals surface area contributed by atoms with Gasteiger partial charge in [-0.1, -0.05) is 20.3 Å². The van der Waals surface area contributed by atoms with Crippen LogP contribution in [0.1, 0.15) is 38.1 Å². The van der Waals surface area contributed by atoms with Crippen LogP contribution in [-0.2, 0) is 6.54 Å². The summed E-state index contributed by atoms with van der Waals surface area (Å²) in [5.74, 6) is 1.63. The van der Waals surface area contributed by atoms with Crippen molar-refractivity contribution >= 4 is 11.3 Å². The lowest BCUT2D eigenvalue weighted by Gasteiger charge is -2.35. The van der Waals surface area contributed by atoms with Crippen LogP contribution in [0.3, 0.4) is 0 Å². The van der Waals surface area contributed by atoms with Gasteiger partial charge in [-0.25, -0.2) is 4.98 Å². The molecule has 0 saturated heterocycles. The summed E-state index contributed by atoms with van der Waals surface area (Å²) in [6.45, 7) is 5.68. The third kappa shape index (κ3) is 2.79. The Bertz CT molecular complexity index is 274. The predicted octanol–water partition coefficient (Wildman–Crippen LogP) is 3.06. The van der Waals surface area contributed by atoms with Gasteiger partial charge in [0.15, 0.2) is 0 Å². The van der Waals surface area contributed by atoms with Gasteiger partial charge in [-0.3, -0.25) is 0 Å². The number of aromatic nitrogens is 1. The second-order valence-corrected chi connectivity index (χ2v) is 5.70. The molecule has 1 N–H and O–H groups in total. The van der Waals surface area contributed by atoms with Crippen LogP contribution in [0.4, 0.5) is 0 Å². The lowest BCUT2D eigenvalue weighted by molar-refractivity contribution is 0.207. The molecule has 2 atom stereocenters. The van der Waals surface area contributed by atoms with Gasteiger partial charge in [0.1, 0.15) is 5.01 Å². The zero-order chi connectivity index (χ0) is 10.7. The minimum atomic E-state index is 0.683. The van der Waals surface area contributed by atoms with E-state index < -0.39 is 0 Å². The minimum Gasteiger partial charge on any atom is -0.307 e. The van der Waals surface area contributed by atoms with Crippen molar-refractivity contribution < 1.29 is 0 Å². The lowest BCUT2D eigenvalue weighted by atomic mass is 9.79. The van der Waals surface area contributed by atoms with E-state index in [0.717, 1.165) is 18.4 Å². The molecule has 84 valence electrons. The van der Waals surface area contributed by atoms with Crippen molar-refractivity contribution in [1.82, 2.24) is 10.3 Å². The van der Waals surface area contributed by atoms with E-state index >= 15 is 0 Å². The molecule has 1 aliphatic rings. The van der Waals surface area contributed by atoms with Crippen molar-refractivity contribution in [2.45, 2.75) is 45.7 Å². The Kier molecular flexibility index (Phi) is 3.76. The SMILES string of the molecule is CC1CCCC(C)C1NCc1nccs1. The molecule has 2 rings (SSSR count). The molecule has 1 fully saturated rings. The third-order valence-electron chi connectivity index (χ3n) is 3.52. The van der Waals surface area contributed by atoms with E-state index in [1.165, 1.54) is 24.3 Å². The van der Waals surface area contributed by atoms with E-state index in [1.54, 1.807) is 11.3 Å². The monoisotopic (exact) mass is 224 g/mol. The highest BCUT2D eigenvalue weighted by molar-refractivity contribution is 7.09. The van der Waals surface area contributed by atoms with Crippen LogP contribution < -0.4 is 5.32 Å². The molecule has 1 aliphatic carbocycles. The summed E-state index contributed by atoms with van der Waals surface area (Å²) < 4.78 is 0. The molecule has 1 heterocycles. The fourth-order valence-corrected chi connectivity index (χ4v) is 3.20. The molecule has 15 heavy (non-hydrogen) atoms. The molecular weight excluding hydrogens is 204 g/mol. The second-order valence-electron chi connectivity index (χ2n) is 4.72. The van der Waals surface area contributed by atoms with E-state index in [4.69, 9.17) is 0 Å². The van der Waals surface area contributed by atoms with Gasteiger partial charge in [0.25, 0.3) is 0 Å². The summed E-state index contributed by atoms with van der Waals surface area (Å²) in [6.07, 6.45) is 6.03. The summed E-state index contributed by atoms with van der Waals surface area (Å²) in [4.78, 5) is 4.31. The second kappa shape index (κ2) is 5.08. The van der Waals surface area contributed by atoms with E-state index in [0.29, 0.717) is 6.04 Å².